The third-order valence-electron chi connectivity index (χ3n) is 4.70. The number of halogens is 2. The number of aliphatic hydroxyl groups excluding tert-OH is 2. The molecule has 0 radical (unpaired) electrons. The van der Waals surface area contributed by atoms with Crippen molar-refractivity contribution in [2.45, 2.75) is 34.7 Å². The van der Waals surface area contributed by atoms with Crippen LogP contribution in [0.4, 0.5) is 0 Å². The summed E-state index contributed by atoms with van der Waals surface area (Å²) in [4.78, 5) is 4.94. The number of aliphatic hydroxyl groups is 2. The summed E-state index contributed by atoms with van der Waals surface area (Å²) in [5, 5.41) is 32.6. The van der Waals surface area contributed by atoms with Crippen LogP contribution in [0.3, 0.4) is 0 Å². The zero-order valence-corrected chi connectivity index (χ0v) is 18.8. The third-order valence-corrected chi connectivity index (χ3v) is 7.38. The first kappa shape index (κ1) is 22.0. The summed E-state index contributed by atoms with van der Waals surface area (Å²) in [6.07, 6.45) is 0.853. The van der Waals surface area contributed by atoms with Gasteiger partial charge in [-0.3, -0.25) is 0 Å². The SMILES string of the molecule is COC1[C@@H](Sc2cc(Cl)ccc2Cl)OC(CO)[C@H](O)[C@@H]1n1cc(-c2nccs2)nn1. The van der Waals surface area contributed by atoms with Gasteiger partial charge in [-0.1, -0.05) is 40.2 Å². The fourth-order valence-corrected chi connectivity index (χ4v) is 5.58. The van der Waals surface area contributed by atoms with Crippen molar-refractivity contribution in [3.8, 4) is 10.7 Å². The van der Waals surface area contributed by atoms with Crippen LogP contribution in [0.25, 0.3) is 10.7 Å². The van der Waals surface area contributed by atoms with E-state index in [-0.39, 0.29) is 6.61 Å². The average molecular weight is 489 g/mol. The minimum Gasteiger partial charge on any atom is -0.394 e. The van der Waals surface area contributed by atoms with Crippen molar-refractivity contribution in [2.24, 2.45) is 0 Å². The summed E-state index contributed by atoms with van der Waals surface area (Å²) >= 11 is 15.2. The quantitative estimate of drug-likeness (QED) is 0.545. The summed E-state index contributed by atoms with van der Waals surface area (Å²) in [6, 6.07) is 4.47. The van der Waals surface area contributed by atoms with Crippen LogP contribution in [0.1, 0.15) is 6.04 Å². The highest BCUT2D eigenvalue weighted by Gasteiger charge is 2.47. The second-order valence-corrected chi connectivity index (χ2v) is 9.40. The molecule has 4 rings (SSSR count). The van der Waals surface area contributed by atoms with E-state index in [9.17, 15) is 10.2 Å². The largest absolute Gasteiger partial charge is 0.394 e. The summed E-state index contributed by atoms with van der Waals surface area (Å²) in [6.45, 7) is -0.373. The molecule has 3 aromatic rings. The molecule has 1 aliphatic heterocycles. The van der Waals surface area contributed by atoms with Gasteiger partial charge in [0.15, 0.2) is 0 Å². The molecule has 0 amide bonds. The lowest BCUT2D eigenvalue weighted by Gasteiger charge is -2.43. The lowest BCUT2D eigenvalue weighted by atomic mass is 9.97. The highest BCUT2D eigenvalue weighted by atomic mass is 35.5. The van der Waals surface area contributed by atoms with Gasteiger partial charge in [0.2, 0.25) is 0 Å². The van der Waals surface area contributed by atoms with E-state index in [2.05, 4.69) is 15.3 Å². The van der Waals surface area contributed by atoms with E-state index in [0.717, 1.165) is 0 Å². The molecule has 8 nitrogen and oxygen atoms in total. The topological polar surface area (TPSA) is 103 Å². The van der Waals surface area contributed by atoms with Gasteiger partial charge in [0, 0.05) is 28.6 Å². The predicted molar refractivity (Wildman–Crippen MR) is 115 cm³/mol. The van der Waals surface area contributed by atoms with Gasteiger partial charge < -0.3 is 19.7 Å². The van der Waals surface area contributed by atoms with Crippen LogP contribution < -0.4 is 0 Å². The Hall–Kier alpha value is -1.24. The van der Waals surface area contributed by atoms with Gasteiger partial charge in [0.05, 0.1) is 17.8 Å². The van der Waals surface area contributed by atoms with E-state index in [1.807, 2.05) is 5.38 Å². The van der Waals surface area contributed by atoms with Gasteiger partial charge in [0.1, 0.15) is 40.5 Å². The normalized spacial score (nSPS) is 26.8. The Bertz CT molecular complexity index is 990. The Labute approximate surface area is 190 Å². The Kier molecular flexibility index (Phi) is 6.95. The molecule has 2 aromatic heterocycles. The lowest BCUT2D eigenvalue weighted by Crippen LogP contribution is -2.55. The first-order chi connectivity index (χ1) is 14.5. The van der Waals surface area contributed by atoms with E-state index in [1.54, 1.807) is 30.6 Å². The minimum absolute atomic E-state index is 0.373. The van der Waals surface area contributed by atoms with Crippen LogP contribution in [-0.2, 0) is 9.47 Å². The molecule has 1 fully saturated rings. The van der Waals surface area contributed by atoms with Crippen molar-refractivity contribution in [3.05, 3.63) is 46.0 Å². The van der Waals surface area contributed by atoms with Crippen LogP contribution in [-0.4, -0.2) is 67.7 Å². The van der Waals surface area contributed by atoms with E-state index in [4.69, 9.17) is 32.7 Å². The van der Waals surface area contributed by atoms with Gasteiger partial charge in [-0.05, 0) is 18.2 Å². The maximum atomic E-state index is 10.9. The molecule has 30 heavy (non-hydrogen) atoms. The summed E-state index contributed by atoms with van der Waals surface area (Å²) in [5.74, 6) is 0. The molecule has 12 heteroatoms. The zero-order chi connectivity index (χ0) is 21.3. The van der Waals surface area contributed by atoms with Gasteiger partial charge in [-0.25, -0.2) is 9.67 Å². The molecule has 2 N–H and O–H groups in total. The number of methoxy groups -OCH3 is 1. The average Bonchev–Trinajstić information content (AvgIpc) is 3.43. The fourth-order valence-electron chi connectivity index (χ4n) is 3.27. The number of thiazole rings is 1. The Morgan fingerprint density at radius 3 is 2.90 bits per heavy atom. The summed E-state index contributed by atoms with van der Waals surface area (Å²) in [7, 11) is 1.53. The van der Waals surface area contributed by atoms with Gasteiger partial charge >= 0.3 is 0 Å². The number of nitrogens with zero attached hydrogens (tertiary/aromatic N) is 4. The van der Waals surface area contributed by atoms with E-state index >= 15 is 0 Å². The molecular weight excluding hydrogens is 471 g/mol. The van der Waals surface area contributed by atoms with Crippen molar-refractivity contribution in [1.29, 1.82) is 0 Å². The number of hydrogen-bond donors (Lipinski definition) is 2. The number of aromatic nitrogens is 4. The molecule has 0 bridgehead atoms. The molecule has 0 aliphatic carbocycles. The van der Waals surface area contributed by atoms with E-state index < -0.39 is 29.8 Å². The summed E-state index contributed by atoms with van der Waals surface area (Å²) in [5.41, 5.74) is -0.00906. The van der Waals surface area contributed by atoms with Gasteiger partial charge in [-0.2, -0.15) is 0 Å². The first-order valence-electron chi connectivity index (χ1n) is 8.92. The Morgan fingerprint density at radius 2 is 2.20 bits per heavy atom. The van der Waals surface area contributed by atoms with E-state index in [1.165, 1.54) is 34.9 Å². The van der Waals surface area contributed by atoms with Crippen LogP contribution >= 0.6 is 46.3 Å². The zero-order valence-electron chi connectivity index (χ0n) is 15.6. The Balaban J connectivity index is 1.66. The maximum Gasteiger partial charge on any atom is 0.145 e. The van der Waals surface area contributed by atoms with Crippen LogP contribution in [0.2, 0.25) is 10.0 Å². The number of thioether (sulfide) groups is 1. The molecule has 1 aromatic carbocycles. The lowest BCUT2D eigenvalue weighted by molar-refractivity contribution is -0.186. The molecule has 160 valence electrons. The molecule has 3 heterocycles. The molecule has 2 unspecified atom stereocenters. The van der Waals surface area contributed by atoms with Crippen molar-refractivity contribution in [1.82, 2.24) is 20.0 Å². The standard InChI is InChI=1S/C18H18Cl2N4O4S2/c1-27-16-14(24-7-11(22-23-24)17-21-4-5-29-17)15(26)12(8-25)28-18(16)30-13-6-9(19)2-3-10(13)20/h2-7,12,14-16,18,25-26H,8H2,1H3/t12?,14-,15-,16?,18+/m0/s1. The fraction of sp³-hybridized carbons (Fsp3) is 0.389. The molecule has 1 aliphatic rings. The molecule has 0 spiro atoms. The van der Waals surface area contributed by atoms with Crippen molar-refractivity contribution >= 4 is 46.3 Å². The summed E-state index contributed by atoms with van der Waals surface area (Å²) < 4.78 is 13.2. The number of hydrogen-bond acceptors (Lipinski definition) is 9. The second-order valence-electron chi connectivity index (χ2n) is 6.52. The highest BCUT2D eigenvalue weighted by Crippen LogP contribution is 2.42. The minimum atomic E-state index is -1.07. The molecule has 5 atom stereocenters. The maximum absolute atomic E-state index is 10.9. The van der Waals surface area contributed by atoms with E-state index in [0.29, 0.717) is 25.6 Å². The third kappa shape index (κ3) is 4.37. The van der Waals surface area contributed by atoms with Crippen LogP contribution in [0.5, 0.6) is 0 Å². The molecular formula is C18H18Cl2N4O4S2. The first-order valence-corrected chi connectivity index (χ1v) is 11.4. The van der Waals surface area contributed by atoms with Crippen molar-refractivity contribution < 1.29 is 19.7 Å². The van der Waals surface area contributed by atoms with Crippen molar-refractivity contribution in [2.75, 3.05) is 13.7 Å². The number of rotatable bonds is 6. The van der Waals surface area contributed by atoms with Gasteiger partial charge in [0.25, 0.3) is 0 Å². The molecule has 1 saturated heterocycles. The molecule has 0 saturated carbocycles. The van der Waals surface area contributed by atoms with Crippen LogP contribution in [0, 0.1) is 0 Å². The van der Waals surface area contributed by atoms with Crippen molar-refractivity contribution in [3.63, 3.8) is 0 Å². The highest BCUT2D eigenvalue weighted by molar-refractivity contribution is 8.00. The van der Waals surface area contributed by atoms with Crippen LogP contribution in [0.15, 0.2) is 40.9 Å². The smallest absolute Gasteiger partial charge is 0.145 e. The monoisotopic (exact) mass is 488 g/mol. The second kappa shape index (κ2) is 9.49. The predicted octanol–water partition coefficient (Wildman–Crippen LogP) is 3.13. The van der Waals surface area contributed by atoms with Gasteiger partial charge in [-0.15, -0.1) is 16.4 Å². The number of benzene rings is 1. The Morgan fingerprint density at radius 1 is 1.37 bits per heavy atom. The number of ether oxygens (including phenoxy) is 2.